The molecule has 0 saturated heterocycles. The second kappa shape index (κ2) is 5.63. The first kappa shape index (κ1) is 14.5. The van der Waals surface area contributed by atoms with Gasteiger partial charge in [-0.2, -0.15) is 0 Å². The maximum absolute atomic E-state index is 12.1. The Morgan fingerprint density at radius 1 is 1.30 bits per heavy atom. The molecule has 1 aromatic heterocycles. The molecular formula is C11H11BrN4O3S. The third-order valence-electron chi connectivity index (χ3n) is 2.36. The predicted molar refractivity (Wildman–Crippen MR) is 77.9 cm³/mol. The molecule has 0 aliphatic carbocycles. The fourth-order valence-electron chi connectivity index (χ4n) is 1.41. The Balaban J connectivity index is 2.28. The van der Waals surface area contributed by atoms with E-state index >= 15 is 0 Å². The number of halogens is 1. The maximum Gasteiger partial charge on any atom is 0.264 e. The Labute approximate surface area is 124 Å². The molecule has 0 saturated carbocycles. The van der Waals surface area contributed by atoms with Crippen molar-refractivity contribution in [2.45, 2.75) is 4.90 Å². The van der Waals surface area contributed by atoms with Crippen molar-refractivity contribution in [1.29, 1.82) is 0 Å². The van der Waals surface area contributed by atoms with Crippen molar-refractivity contribution in [2.75, 3.05) is 17.6 Å². The Morgan fingerprint density at radius 3 is 2.50 bits per heavy atom. The molecule has 0 radical (unpaired) electrons. The molecule has 9 heteroatoms. The number of nitrogens with one attached hydrogen (secondary N) is 1. The lowest BCUT2D eigenvalue weighted by Crippen LogP contribution is -2.14. The lowest BCUT2D eigenvalue weighted by atomic mass is 10.3. The highest BCUT2D eigenvalue weighted by Crippen LogP contribution is 2.28. The zero-order valence-electron chi connectivity index (χ0n) is 10.4. The smallest absolute Gasteiger partial charge is 0.264 e. The summed E-state index contributed by atoms with van der Waals surface area (Å²) in [4.78, 5) is 7.23. The molecule has 1 heterocycles. The summed E-state index contributed by atoms with van der Waals surface area (Å²) in [6, 6.07) is 4.81. The topological polar surface area (TPSA) is 107 Å². The number of nitrogen functional groups attached to an aromatic ring is 1. The first-order valence-corrected chi connectivity index (χ1v) is 7.64. The van der Waals surface area contributed by atoms with Gasteiger partial charge in [-0.05, 0) is 34.1 Å². The number of nitrogens with zero attached hydrogens (tertiary/aromatic N) is 2. The lowest BCUT2D eigenvalue weighted by molar-refractivity contribution is 0.412. The number of methoxy groups -OCH3 is 1. The van der Waals surface area contributed by atoms with E-state index in [9.17, 15) is 8.42 Å². The number of aromatic nitrogens is 2. The number of hydrogen-bond acceptors (Lipinski definition) is 6. The first-order chi connectivity index (χ1) is 9.42. The van der Waals surface area contributed by atoms with Crippen molar-refractivity contribution in [1.82, 2.24) is 9.97 Å². The van der Waals surface area contributed by atoms with Gasteiger partial charge in [-0.15, -0.1) is 0 Å². The molecule has 1 aromatic carbocycles. The van der Waals surface area contributed by atoms with Crippen LogP contribution in [-0.2, 0) is 10.0 Å². The van der Waals surface area contributed by atoms with Crippen LogP contribution < -0.4 is 15.2 Å². The second-order valence-electron chi connectivity index (χ2n) is 3.73. The molecule has 2 aromatic rings. The lowest BCUT2D eigenvalue weighted by Gasteiger charge is -2.09. The van der Waals surface area contributed by atoms with Crippen LogP contribution in [0.15, 0.2) is 40.0 Å². The minimum Gasteiger partial charge on any atom is -0.496 e. The van der Waals surface area contributed by atoms with E-state index in [1.54, 1.807) is 18.2 Å². The van der Waals surface area contributed by atoms with E-state index in [0.29, 0.717) is 15.9 Å². The number of rotatable bonds is 4. The first-order valence-electron chi connectivity index (χ1n) is 5.36. The quantitative estimate of drug-likeness (QED) is 0.859. The normalized spacial score (nSPS) is 11.1. The van der Waals surface area contributed by atoms with E-state index in [0.717, 1.165) is 12.4 Å². The molecule has 7 nitrogen and oxygen atoms in total. The summed E-state index contributed by atoms with van der Waals surface area (Å²) in [7, 11) is -2.24. The zero-order valence-corrected chi connectivity index (χ0v) is 12.8. The van der Waals surface area contributed by atoms with Gasteiger partial charge < -0.3 is 10.5 Å². The highest BCUT2D eigenvalue weighted by atomic mass is 79.9. The van der Waals surface area contributed by atoms with Gasteiger partial charge in [0, 0.05) is 0 Å². The van der Waals surface area contributed by atoms with Gasteiger partial charge in [0.05, 0.1) is 29.7 Å². The maximum atomic E-state index is 12.1. The van der Waals surface area contributed by atoms with Gasteiger partial charge in [0.1, 0.15) is 10.6 Å². The molecule has 0 fully saturated rings. The number of sulfonamides is 1. The third kappa shape index (κ3) is 3.17. The van der Waals surface area contributed by atoms with Crippen LogP contribution in [0.2, 0.25) is 0 Å². The number of benzene rings is 1. The number of anilines is 2. The Hall–Kier alpha value is -1.87. The SMILES string of the molecule is COc1ccc(NS(=O)(=O)c2cnc(N)nc2)cc1Br. The van der Waals surface area contributed by atoms with Crippen LogP contribution in [0.5, 0.6) is 5.75 Å². The van der Waals surface area contributed by atoms with Crippen molar-refractivity contribution >= 4 is 37.6 Å². The summed E-state index contributed by atoms with van der Waals surface area (Å²) in [6.45, 7) is 0. The number of nitrogens with two attached hydrogens (primary N) is 1. The summed E-state index contributed by atoms with van der Waals surface area (Å²) in [5.41, 5.74) is 5.70. The monoisotopic (exact) mass is 358 g/mol. The van der Waals surface area contributed by atoms with E-state index in [4.69, 9.17) is 10.5 Å². The molecule has 3 N–H and O–H groups in total. The second-order valence-corrected chi connectivity index (χ2v) is 6.27. The molecule has 0 aliphatic heterocycles. The van der Waals surface area contributed by atoms with Gasteiger partial charge in [-0.1, -0.05) is 0 Å². The number of ether oxygens (including phenoxy) is 1. The van der Waals surface area contributed by atoms with Crippen LogP contribution in [0.1, 0.15) is 0 Å². The zero-order chi connectivity index (χ0) is 14.8. The Kier molecular flexibility index (Phi) is 4.09. The molecule has 20 heavy (non-hydrogen) atoms. The third-order valence-corrected chi connectivity index (χ3v) is 4.32. The fourth-order valence-corrected chi connectivity index (χ4v) is 2.89. The van der Waals surface area contributed by atoms with Gasteiger partial charge in [0.2, 0.25) is 5.95 Å². The highest BCUT2D eigenvalue weighted by molar-refractivity contribution is 9.10. The Morgan fingerprint density at radius 2 is 1.95 bits per heavy atom. The minimum atomic E-state index is -3.76. The van der Waals surface area contributed by atoms with Gasteiger partial charge in [0.15, 0.2) is 0 Å². The van der Waals surface area contributed by atoms with E-state index in [-0.39, 0.29) is 10.8 Å². The fraction of sp³-hybridized carbons (Fsp3) is 0.0909. The molecule has 0 bridgehead atoms. The summed E-state index contributed by atoms with van der Waals surface area (Å²) >= 11 is 3.28. The largest absolute Gasteiger partial charge is 0.496 e. The molecule has 0 amide bonds. The summed E-state index contributed by atoms with van der Waals surface area (Å²) in [6.07, 6.45) is 2.28. The van der Waals surface area contributed by atoms with E-state index in [2.05, 4.69) is 30.6 Å². The van der Waals surface area contributed by atoms with Crippen molar-refractivity contribution in [3.05, 3.63) is 35.1 Å². The van der Waals surface area contributed by atoms with E-state index < -0.39 is 10.0 Å². The van der Waals surface area contributed by atoms with Gasteiger partial charge in [0.25, 0.3) is 10.0 Å². The van der Waals surface area contributed by atoms with Crippen LogP contribution in [0.25, 0.3) is 0 Å². The Bertz CT molecular complexity index is 719. The molecule has 0 atom stereocenters. The van der Waals surface area contributed by atoms with E-state index in [1.165, 1.54) is 7.11 Å². The summed E-state index contributed by atoms with van der Waals surface area (Å²) in [5, 5.41) is 0. The summed E-state index contributed by atoms with van der Waals surface area (Å²) < 4.78 is 32.3. The summed E-state index contributed by atoms with van der Waals surface area (Å²) in [5.74, 6) is 0.611. The molecule has 0 unspecified atom stereocenters. The van der Waals surface area contributed by atoms with Crippen molar-refractivity contribution in [2.24, 2.45) is 0 Å². The number of hydrogen-bond donors (Lipinski definition) is 2. The van der Waals surface area contributed by atoms with Gasteiger partial charge in [-0.3, -0.25) is 4.72 Å². The van der Waals surface area contributed by atoms with Crippen LogP contribution in [0, 0.1) is 0 Å². The highest BCUT2D eigenvalue weighted by Gasteiger charge is 2.16. The van der Waals surface area contributed by atoms with Crippen LogP contribution in [0.3, 0.4) is 0 Å². The molecule has 106 valence electrons. The van der Waals surface area contributed by atoms with Gasteiger partial charge in [-0.25, -0.2) is 18.4 Å². The standard InChI is InChI=1S/C11H11BrN4O3S/c1-19-10-3-2-7(4-9(10)12)16-20(17,18)8-5-14-11(13)15-6-8/h2-6,16H,1H3,(H2,13,14,15). The predicted octanol–water partition coefficient (Wildman–Crippen LogP) is 1.63. The molecule has 0 spiro atoms. The van der Waals surface area contributed by atoms with E-state index in [1.807, 2.05) is 0 Å². The minimum absolute atomic E-state index is 0.0103. The van der Waals surface area contributed by atoms with Crippen LogP contribution in [0.4, 0.5) is 11.6 Å². The van der Waals surface area contributed by atoms with Crippen LogP contribution >= 0.6 is 15.9 Å². The van der Waals surface area contributed by atoms with Crippen molar-refractivity contribution in [3.63, 3.8) is 0 Å². The molecular weight excluding hydrogens is 348 g/mol. The van der Waals surface area contributed by atoms with Crippen molar-refractivity contribution < 1.29 is 13.2 Å². The van der Waals surface area contributed by atoms with Gasteiger partial charge >= 0.3 is 0 Å². The average Bonchev–Trinajstić information content (AvgIpc) is 2.39. The molecule has 0 aliphatic rings. The average molecular weight is 359 g/mol. The van der Waals surface area contributed by atoms with Crippen LogP contribution in [-0.4, -0.2) is 25.5 Å². The molecule has 2 rings (SSSR count). The van der Waals surface area contributed by atoms with Crippen molar-refractivity contribution in [3.8, 4) is 5.75 Å².